The molecule has 1 N–H and O–H groups in total. The van der Waals surface area contributed by atoms with E-state index in [0.717, 1.165) is 30.7 Å². The lowest BCUT2D eigenvalue weighted by Gasteiger charge is -2.46. The molecule has 0 saturated carbocycles. The highest BCUT2D eigenvalue weighted by Crippen LogP contribution is 2.29. The molecule has 2 aliphatic rings. The van der Waals surface area contributed by atoms with Crippen LogP contribution in [0.5, 0.6) is 0 Å². The Morgan fingerprint density at radius 3 is 3.10 bits per heavy atom. The number of nitrogens with zero attached hydrogens (tertiary/aromatic N) is 3. The van der Waals surface area contributed by atoms with E-state index in [1.807, 2.05) is 18.3 Å². The summed E-state index contributed by atoms with van der Waals surface area (Å²) in [5.74, 6) is 0.897. The fraction of sp³-hybridized carbons (Fsp3) is 0.706. The molecule has 116 valence electrons. The van der Waals surface area contributed by atoms with Gasteiger partial charge in [-0.2, -0.15) is 0 Å². The Hall–Kier alpha value is -0.970. The molecule has 0 aromatic carbocycles. The molecule has 0 aliphatic carbocycles. The molecule has 4 nitrogen and oxygen atoms in total. The Morgan fingerprint density at radius 1 is 1.29 bits per heavy atom. The van der Waals surface area contributed by atoms with E-state index in [4.69, 9.17) is 0 Å². The summed E-state index contributed by atoms with van der Waals surface area (Å²) < 4.78 is 0. The van der Waals surface area contributed by atoms with Crippen LogP contribution < -0.4 is 5.32 Å². The molecule has 2 fully saturated rings. The zero-order chi connectivity index (χ0) is 14.5. The second-order valence-corrected chi connectivity index (χ2v) is 6.54. The number of aromatic nitrogens is 1. The summed E-state index contributed by atoms with van der Waals surface area (Å²) in [5, 5.41) is 3.52. The van der Waals surface area contributed by atoms with Crippen LogP contribution in [-0.2, 0) is 6.54 Å². The van der Waals surface area contributed by atoms with Crippen molar-refractivity contribution in [3.63, 3.8) is 0 Å². The maximum atomic E-state index is 4.34. The molecular weight excluding hydrogens is 260 g/mol. The number of piperidine rings is 2. The van der Waals surface area contributed by atoms with Crippen LogP contribution in [-0.4, -0.2) is 60.6 Å². The quantitative estimate of drug-likeness (QED) is 0.834. The summed E-state index contributed by atoms with van der Waals surface area (Å²) in [4.78, 5) is 9.58. The molecule has 2 atom stereocenters. The maximum Gasteiger partial charge on any atom is 0.0541 e. The van der Waals surface area contributed by atoms with Gasteiger partial charge in [-0.1, -0.05) is 6.07 Å². The number of hydrogen-bond donors (Lipinski definition) is 1. The van der Waals surface area contributed by atoms with E-state index in [0.29, 0.717) is 0 Å². The molecule has 0 amide bonds. The van der Waals surface area contributed by atoms with Crippen molar-refractivity contribution in [2.75, 3.05) is 39.8 Å². The molecular formula is C17H28N4. The van der Waals surface area contributed by atoms with E-state index >= 15 is 0 Å². The smallest absolute Gasteiger partial charge is 0.0541 e. The van der Waals surface area contributed by atoms with Gasteiger partial charge in [-0.05, 0) is 57.5 Å². The SMILES string of the molecule is CN1CCCC2CN(CCNCc3ccccn3)CCC21. The van der Waals surface area contributed by atoms with E-state index < -0.39 is 0 Å². The largest absolute Gasteiger partial charge is 0.310 e. The van der Waals surface area contributed by atoms with Gasteiger partial charge in [0, 0.05) is 38.4 Å². The van der Waals surface area contributed by atoms with Crippen molar-refractivity contribution >= 4 is 0 Å². The summed E-state index contributed by atoms with van der Waals surface area (Å²) in [7, 11) is 2.31. The Bertz CT molecular complexity index is 422. The highest BCUT2D eigenvalue weighted by molar-refractivity contribution is 5.02. The molecule has 0 radical (unpaired) electrons. The Labute approximate surface area is 128 Å². The minimum absolute atomic E-state index is 0.844. The van der Waals surface area contributed by atoms with Gasteiger partial charge in [-0.25, -0.2) is 0 Å². The summed E-state index contributed by atoms with van der Waals surface area (Å²) in [6.07, 6.45) is 6.01. The molecule has 0 bridgehead atoms. The highest BCUT2D eigenvalue weighted by atomic mass is 15.2. The van der Waals surface area contributed by atoms with E-state index in [2.05, 4.69) is 33.2 Å². The molecule has 1 aromatic heterocycles. The predicted molar refractivity (Wildman–Crippen MR) is 86.1 cm³/mol. The van der Waals surface area contributed by atoms with Crippen molar-refractivity contribution < 1.29 is 0 Å². The molecule has 3 heterocycles. The number of fused-ring (bicyclic) bond motifs is 1. The number of likely N-dealkylation sites (tertiary alicyclic amines) is 2. The van der Waals surface area contributed by atoms with Crippen molar-refractivity contribution in [2.45, 2.75) is 31.8 Å². The first-order valence-electron chi connectivity index (χ1n) is 8.36. The maximum absolute atomic E-state index is 4.34. The molecule has 3 rings (SSSR count). The van der Waals surface area contributed by atoms with Crippen molar-refractivity contribution in [1.82, 2.24) is 20.1 Å². The topological polar surface area (TPSA) is 31.4 Å². The van der Waals surface area contributed by atoms with E-state index in [9.17, 15) is 0 Å². The number of nitrogens with one attached hydrogen (secondary N) is 1. The third-order valence-electron chi connectivity index (χ3n) is 5.07. The first kappa shape index (κ1) is 14.9. The summed E-state index contributed by atoms with van der Waals surface area (Å²) in [6.45, 7) is 6.96. The van der Waals surface area contributed by atoms with Crippen LogP contribution in [0.2, 0.25) is 0 Å². The predicted octanol–water partition coefficient (Wildman–Crippen LogP) is 1.59. The average molecular weight is 288 g/mol. The van der Waals surface area contributed by atoms with Crippen LogP contribution in [0, 0.1) is 5.92 Å². The van der Waals surface area contributed by atoms with Gasteiger partial charge in [0.2, 0.25) is 0 Å². The van der Waals surface area contributed by atoms with Gasteiger partial charge < -0.3 is 15.1 Å². The van der Waals surface area contributed by atoms with Crippen LogP contribution >= 0.6 is 0 Å². The lowest BCUT2D eigenvalue weighted by Crippen LogP contribution is -2.53. The summed E-state index contributed by atoms with van der Waals surface area (Å²) in [5.41, 5.74) is 1.13. The standard InChI is InChI=1S/C17H28N4/c1-20-10-4-5-15-14-21(11-7-17(15)20)12-9-18-13-16-6-2-3-8-19-16/h2-3,6,8,15,17-18H,4-5,7,9-14H2,1H3. The van der Waals surface area contributed by atoms with Gasteiger partial charge in [-0.15, -0.1) is 0 Å². The lowest BCUT2D eigenvalue weighted by molar-refractivity contribution is 0.0391. The second-order valence-electron chi connectivity index (χ2n) is 6.54. The van der Waals surface area contributed by atoms with Crippen molar-refractivity contribution in [3.05, 3.63) is 30.1 Å². The molecule has 1 aromatic rings. The lowest BCUT2D eigenvalue weighted by atomic mass is 9.84. The Balaban J connectivity index is 1.37. The molecule has 21 heavy (non-hydrogen) atoms. The van der Waals surface area contributed by atoms with Crippen molar-refractivity contribution in [1.29, 1.82) is 0 Å². The fourth-order valence-electron chi connectivity index (χ4n) is 3.89. The monoisotopic (exact) mass is 288 g/mol. The Kier molecular flexibility index (Phi) is 5.22. The number of pyridine rings is 1. The molecule has 2 saturated heterocycles. The van der Waals surface area contributed by atoms with Gasteiger partial charge in [0.1, 0.15) is 0 Å². The van der Waals surface area contributed by atoms with Crippen molar-refractivity contribution in [2.24, 2.45) is 5.92 Å². The fourth-order valence-corrected chi connectivity index (χ4v) is 3.89. The first-order chi connectivity index (χ1) is 10.3. The number of hydrogen-bond acceptors (Lipinski definition) is 4. The van der Waals surface area contributed by atoms with Crippen LogP contribution in [0.3, 0.4) is 0 Å². The zero-order valence-corrected chi connectivity index (χ0v) is 13.2. The molecule has 0 spiro atoms. The van der Waals surface area contributed by atoms with Crippen LogP contribution in [0.15, 0.2) is 24.4 Å². The Morgan fingerprint density at radius 2 is 2.24 bits per heavy atom. The molecule has 2 aliphatic heterocycles. The summed E-state index contributed by atoms with van der Waals surface area (Å²) in [6, 6.07) is 6.94. The highest BCUT2D eigenvalue weighted by Gasteiger charge is 2.33. The molecule has 4 heteroatoms. The normalized spacial score (nSPS) is 27.5. The zero-order valence-electron chi connectivity index (χ0n) is 13.2. The van der Waals surface area contributed by atoms with Gasteiger partial charge >= 0.3 is 0 Å². The summed E-state index contributed by atoms with van der Waals surface area (Å²) >= 11 is 0. The van der Waals surface area contributed by atoms with Gasteiger partial charge in [0.15, 0.2) is 0 Å². The third-order valence-corrected chi connectivity index (χ3v) is 5.07. The van der Waals surface area contributed by atoms with Gasteiger partial charge in [-0.3, -0.25) is 4.98 Å². The third kappa shape index (κ3) is 4.02. The van der Waals surface area contributed by atoms with Crippen LogP contribution in [0.4, 0.5) is 0 Å². The van der Waals surface area contributed by atoms with Gasteiger partial charge in [0.25, 0.3) is 0 Å². The number of rotatable bonds is 5. The average Bonchev–Trinajstić information content (AvgIpc) is 2.53. The minimum atomic E-state index is 0.844. The molecule has 2 unspecified atom stereocenters. The van der Waals surface area contributed by atoms with E-state index in [1.54, 1.807) is 0 Å². The van der Waals surface area contributed by atoms with Crippen LogP contribution in [0.1, 0.15) is 25.0 Å². The van der Waals surface area contributed by atoms with Crippen molar-refractivity contribution in [3.8, 4) is 0 Å². The first-order valence-corrected chi connectivity index (χ1v) is 8.36. The van der Waals surface area contributed by atoms with E-state index in [-0.39, 0.29) is 0 Å². The minimum Gasteiger partial charge on any atom is -0.310 e. The van der Waals surface area contributed by atoms with Gasteiger partial charge in [0.05, 0.1) is 5.69 Å². The van der Waals surface area contributed by atoms with Crippen LogP contribution in [0.25, 0.3) is 0 Å². The second kappa shape index (κ2) is 7.34. The van der Waals surface area contributed by atoms with E-state index in [1.165, 1.54) is 45.4 Å².